The Morgan fingerprint density at radius 1 is 1.30 bits per heavy atom. The summed E-state index contributed by atoms with van der Waals surface area (Å²) in [5, 5.41) is 4.21. The van der Waals surface area contributed by atoms with Gasteiger partial charge < -0.3 is 9.80 Å². The fraction of sp³-hybridized carbons (Fsp3) is 0.750. The molecule has 1 aromatic rings. The summed E-state index contributed by atoms with van der Waals surface area (Å²) < 4.78 is 1.84. The summed E-state index contributed by atoms with van der Waals surface area (Å²) in [4.78, 5) is 32.9. The van der Waals surface area contributed by atoms with E-state index in [0.29, 0.717) is 19.5 Å². The highest BCUT2D eigenvalue weighted by molar-refractivity contribution is 5.89. The summed E-state index contributed by atoms with van der Waals surface area (Å²) in [5.74, 6) is 0.318. The van der Waals surface area contributed by atoms with Gasteiger partial charge in [0.2, 0.25) is 11.8 Å². The fourth-order valence-corrected chi connectivity index (χ4v) is 3.71. The predicted octanol–water partition coefficient (Wildman–Crippen LogP) is 1.09. The van der Waals surface area contributed by atoms with Crippen LogP contribution in [0.3, 0.4) is 0 Å². The molecule has 3 heterocycles. The average Bonchev–Trinajstić information content (AvgIpc) is 3.20. The summed E-state index contributed by atoms with van der Waals surface area (Å²) in [5.41, 5.74) is 0. The van der Waals surface area contributed by atoms with Crippen LogP contribution in [0.5, 0.6) is 0 Å². The largest absolute Gasteiger partial charge is 0.339 e. The van der Waals surface area contributed by atoms with Crippen molar-refractivity contribution in [2.45, 2.75) is 51.6 Å². The van der Waals surface area contributed by atoms with Crippen molar-refractivity contribution in [3.8, 4) is 0 Å². The number of rotatable bonds is 4. The minimum Gasteiger partial charge on any atom is -0.339 e. The Labute approximate surface area is 136 Å². The van der Waals surface area contributed by atoms with E-state index >= 15 is 0 Å². The lowest BCUT2D eigenvalue weighted by Gasteiger charge is -2.38. The van der Waals surface area contributed by atoms with Gasteiger partial charge in [-0.15, -0.1) is 0 Å². The van der Waals surface area contributed by atoms with Gasteiger partial charge in [0.05, 0.1) is 6.04 Å². The molecule has 0 aromatic carbocycles. The van der Waals surface area contributed by atoms with E-state index in [1.807, 2.05) is 23.4 Å². The summed E-state index contributed by atoms with van der Waals surface area (Å²) in [6, 6.07) is -0.156. The standard InChI is InChI=1S/C16H25N5O2/c1-12(2)15(20-8-4-6-14(20)22)16(23)19-7-3-5-13(9-19)21-11-17-10-18-21/h10-13,15H,3-9H2,1-2H3/t13-,15+/m1/s1. The van der Waals surface area contributed by atoms with Gasteiger partial charge in [0.15, 0.2) is 0 Å². The first-order chi connectivity index (χ1) is 11.1. The van der Waals surface area contributed by atoms with Gasteiger partial charge >= 0.3 is 0 Å². The van der Waals surface area contributed by atoms with Gasteiger partial charge in [0, 0.05) is 26.1 Å². The molecular weight excluding hydrogens is 294 g/mol. The third-order valence-electron chi connectivity index (χ3n) is 4.85. The molecule has 23 heavy (non-hydrogen) atoms. The van der Waals surface area contributed by atoms with Crippen molar-refractivity contribution in [2.24, 2.45) is 5.92 Å². The van der Waals surface area contributed by atoms with Crippen LogP contribution < -0.4 is 0 Å². The Bertz CT molecular complexity index is 557. The Hall–Kier alpha value is -1.92. The maximum atomic E-state index is 13.1. The van der Waals surface area contributed by atoms with E-state index in [2.05, 4.69) is 10.1 Å². The molecule has 0 spiro atoms. The van der Waals surface area contributed by atoms with Crippen LogP contribution in [-0.2, 0) is 9.59 Å². The minimum atomic E-state index is -0.334. The van der Waals surface area contributed by atoms with E-state index in [1.54, 1.807) is 11.2 Å². The molecule has 2 aliphatic heterocycles. The maximum absolute atomic E-state index is 13.1. The number of carbonyl (C=O) groups is 2. The quantitative estimate of drug-likeness (QED) is 0.833. The zero-order chi connectivity index (χ0) is 16.4. The second-order valence-electron chi connectivity index (χ2n) is 6.84. The number of piperidine rings is 1. The highest BCUT2D eigenvalue weighted by Gasteiger charge is 2.38. The first kappa shape index (κ1) is 16.0. The van der Waals surface area contributed by atoms with Gasteiger partial charge in [0.1, 0.15) is 18.7 Å². The summed E-state index contributed by atoms with van der Waals surface area (Å²) >= 11 is 0. The van der Waals surface area contributed by atoms with Crippen molar-refractivity contribution in [3.63, 3.8) is 0 Å². The van der Waals surface area contributed by atoms with Crippen LogP contribution in [0.4, 0.5) is 0 Å². The summed E-state index contributed by atoms with van der Waals surface area (Å²) in [6.07, 6.45) is 6.62. The summed E-state index contributed by atoms with van der Waals surface area (Å²) in [7, 11) is 0. The highest BCUT2D eigenvalue weighted by atomic mass is 16.2. The molecule has 7 nitrogen and oxygen atoms in total. The number of aromatic nitrogens is 3. The van der Waals surface area contributed by atoms with Gasteiger partial charge in [0.25, 0.3) is 0 Å². The van der Waals surface area contributed by atoms with Gasteiger partial charge in [-0.3, -0.25) is 9.59 Å². The number of nitrogens with zero attached hydrogens (tertiary/aromatic N) is 5. The van der Waals surface area contributed by atoms with E-state index in [1.165, 1.54) is 6.33 Å². The molecule has 0 unspecified atom stereocenters. The van der Waals surface area contributed by atoms with Gasteiger partial charge in [-0.05, 0) is 25.2 Å². The topological polar surface area (TPSA) is 71.3 Å². The van der Waals surface area contributed by atoms with Crippen molar-refractivity contribution in [3.05, 3.63) is 12.7 Å². The lowest BCUT2D eigenvalue weighted by molar-refractivity contribution is -0.146. The Balaban J connectivity index is 1.73. The molecule has 2 amide bonds. The first-order valence-corrected chi connectivity index (χ1v) is 8.50. The molecule has 2 saturated heterocycles. The Morgan fingerprint density at radius 2 is 2.13 bits per heavy atom. The van der Waals surface area contributed by atoms with Crippen LogP contribution in [0.15, 0.2) is 12.7 Å². The van der Waals surface area contributed by atoms with E-state index in [9.17, 15) is 9.59 Å². The third kappa shape index (κ3) is 3.23. The van der Waals surface area contributed by atoms with Crippen molar-refractivity contribution in [2.75, 3.05) is 19.6 Å². The molecule has 0 radical (unpaired) electrons. The molecule has 0 bridgehead atoms. The van der Waals surface area contributed by atoms with Crippen molar-refractivity contribution in [1.82, 2.24) is 24.6 Å². The molecule has 2 aliphatic rings. The Morgan fingerprint density at radius 3 is 2.74 bits per heavy atom. The van der Waals surface area contributed by atoms with Crippen LogP contribution >= 0.6 is 0 Å². The molecular formula is C16H25N5O2. The normalized spacial score (nSPS) is 23.6. The Kier molecular flexibility index (Phi) is 4.63. The van der Waals surface area contributed by atoms with E-state index in [4.69, 9.17) is 0 Å². The number of hydrogen-bond donors (Lipinski definition) is 0. The second-order valence-corrected chi connectivity index (χ2v) is 6.84. The second kappa shape index (κ2) is 6.68. The summed E-state index contributed by atoms with van der Waals surface area (Å²) in [6.45, 7) is 6.15. The average molecular weight is 319 g/mol. The van der Waals surface area contributed by atoms with E-state index in [-0.39, 0.29) is 29.8 Å². The van der Waals surface area contributed by atoms with Gasteiger partial charge in [-0.2, -0.15) is 5.10 Å². The van der Waals surface area contributed by atoms with Crippen LogP contribution in [0, 0.1) is 5.92 Å². The van der Waals surface area contributed by atoms with Crippen LogP contribution in [-0.4, -0.2) is 62.1 Å². The van der Waals surface area contributed by atoms with Crippen LogP contribution in [0.25, 0.3) is 0 Å². The molecule has 0 saturated carbocycles. The zero-order valence-corrected chi connectivity index (χ0v) is 13.9. The first-order valence-electron chi connectivity index (χ1n) is 8.50. The monoisotopic (exact) mass is 319 g/mol. The lowest BCUT2D eigenvalue weighted by atomic mass is 9.98. The van der Waals surface area contributed by atoms with Crippen molar-refractivity contribution in [1.29, 1.82) is 0 Å². The van der Waals surface area contributed by atoms with Crippen LogP contribution in [0.2, 0.25) is 0 Å². The minimum absolute atomic E-state index is 0.0834. The lowest BCUT2D eigenvalue weighted by Crippen LogP contribution is -2.54. The fourth-order valence-electron chi connectivity index (χ4n) is 3.71. The number of likely N-dealkylation sites (tertiary alicyclic amines) is 2. The maximum Gasteiger partial charge on any atom is 0.245 e. The molecule has 3 rings (SSSR count). The molecule has 7 heteroatoms. The zero-order valence-electron chi connectivity index (χ0n) is 13.9. The number of hydrogen-bond acceptors (Lipinski definition) is 4. The molecule has 2 atom stereocenters. The molecule has 126 valence electrons. The SMILES string of the molecule is CC(C)[C@@H](C(=O)N1CCC[C@@H](n2cncn2)C1)N1CCCC1=O. The third-order valence-corrected chi connectivity index (χ3v) is 4.85. The van der Waals surface area contributed by atoms with Crippen molar-refractivity contribution < 1.29 is 9.59 Å². The van der Waals surface area contributed by atoms with E-state index in [0.717, 1.165) is 25.8 Å². The highest BCUT2D eigenvalue weighted by Crippen LogP contribution is 2.25. The molecule has 0 N–H and O–H groups in total. The van der Waals surface area contributed by atoms with Gasteiger partial charge in [-0.1, -0.05) is 13.8 Å². The molecule has 2 fully saturated rings. The van der Waals surface area contributed by atoms with Crippen molar-refractivity contribution >= 4 is 11.8 Å². The number of amides is 2. The molecule has 1 aromatic heterocycles. The van der Waals surface area contributed by atoms with E-state index < -0.39 is 0 Å². The van der Waals surface area contributed by atoms with Crippen LogP contribution in [0.1, 0.15) is 45.6 Å². The predicted molar refractivity (Wildman–Crippen MR) is 84.4 cm³/mol. The smallest absolute Gasteiger partial charge is 0.245 e. The number of carbonyl (C=O) groups excluding carboxylic acids is 2. The van der Waals surface area contributed by atoms with Gasteiger partial charge in [-0.25, -0.2) is 9.67 Å². The molecule has 0 aliphatic carbocycles.